The Morgan fingerprint density at radius 2 is 2.23 bits per heavy atom. The molecular weight excluding hydrogens is 374 g/mol. The molecule has 0 amide bonds. The Balaban J connectivity index is 1.87. The predicted molar refractivity (Wildman–Crippen MR) is 99.6 cm³/mol. The molecule has 3 aromatic rings. The third-order valence-corrected chi connectivity index (χ3v) is 5.77. The zero-order valence-electron chi connectivity index (χ0n) is 14.4. The van der Waals surface area contributed by atoms with Crippen molar-refractivity contribution < 1.29 is 9.45 Å². The molecule has 0 aliphatic rings. The fourth-order valence-corrected chi connectivity index (χ4v) is 4.06. The molecule has 2 aromatic heterocycles. The Hall–Kier alpha value is -2.30. The van der Waals surface area contributed by atoms with Crippen molar-refractivity contribution in [3.8, 4) is 11.5 Å². The quantitative estimate of drug-likeness (QED) is 0.480. The van der Waals surface area contributed by atoms with Crippen molar-refractivity contribution in [2.75, 3.05) is 7.05 Å². The lowest BCUT2D eigenvalue weighted by atomic mass is 10.2. The average Bonchev–Trinajstić information content (AvgIpc) is 3.24. The molecule has 0 aliphatic heterocycles. The van der Waals surface area contributed by atoms with Gasteiger partial charge in [0.05, 0.1) is 9.82 Å². The molecule has 0 bridgehead atoms. The number of aryl methyl sites for hydroxylation is 1. The number of hydrogen-bond donors (Lipinski definition) is 1. The molecule has 1 unspecified atom stereocenters. The largest absolute Gasteiger partial charge is 0.334 e. The summed E-state index contributed by atoms with van der Waals surface area (Å²) in [7, 11) is 1.86. The monoisotopic (exact) mass is 391 g/mol. The van der Waals surface area contributed by atoms with Gasteiger partial charge in [-0.05, 0) is 33.0 Å². The van der Waals surface area contributed by atoms with Crippen LogP contribution >= 0.6 is 23.1 Å². The van der Waals surface area contributed by atoms with Gasteiger partial charge >= 0.3 is 0 Å². The van der Waals surface area contributed by atoms with Crippen molar-refractivity contribution in [3.05, 3.63) is 45.2 Å². The zero-order valence-corrected chi connectivity index (χ0v) is 16.1. The summed E-state index contributed by atoms with van der Waals surface area (Å²) in [5, 5.41) is 20.4. The van der Waals surface area contributed by atoms with Crippen LogP contribution in [0.2, 0.25) is 0 Å². The van der Waals surface area contributed by atoms with Gasteiger partial charge in [0.15, 0.2) is 10.2 Å². The number of nitro benzene ring substituents is 1. The Morgan fingerprint density at radius 1 is 1.42 bits per heavy atom. The summed E-state index contributed by atoms with van der Waals surface area (Å²) in [5.41, 5.74) is 1.40. The molecule has 1 N–H and O–H groups in total. The molecule has 10 heteroatoms. The standard InChI is InChI=1S/C16H17N5O3S2/c1-9(17-3)6-14-19-15(24-20-14)11-4-5-13(12(7-11)21(22)23)26-16-18-10(2)8-25-16/h4-5,7-9,17H,6H2,1-3H3. The molecule has 0 radical (unpaired) electrons. The molecule has 0 fully saturated rings. The van der Waals surface area contributed by atoms with Crippen molar-refractivity contribution in [1.29, 1.82) is 0 Å². The van der Waals surface area contributed by atoms with E-state index in [1.54, 1.807) is 12.1 Å². The molecule has 26 heavy (non-hydrogen) atoms. The normalized spacial score (nSPS) is 12.3. The third kappa shape index (κ3) is 4.26. The summed E-state index contributed by atoms with van der Waals surface area (Å²) in [4.78, 5) is 20.3. The number of aromatic nitrogens is 3. The van der Waals surface area contributed by atoms with Crippen molar-refractivity contribution in [3.63, 3.8) is 0 Å². The lowest BCUT2D eigenvalue weighted by Crippen LogP contribution is -2.24. The average molecular weight is 391 g/mol. The lowest BCUT2D eigenvalue weighted by molar-refractivity contribution is -0.387. The van der Waals surface area contributed by atoms with E-state index >= 15 is 0 Å². The summed E-state index contributed by atoms with van der Waals surface area (Å²) < 4.78 is 6.03. The van der Waals surface area contributed by atoms with Gasteiger partial charge < -0.3 is 9.84 Å². The zero-order chi connectivity index (χ0) is 18.7. The Morgan fingerprint density at radius 3 is 2.88 bits per heavy atom. The van der Waals surface area contributed by atoms with Gasteiger partial charge in [-0.3, -0.25) is 10.1 Å². The number of nitrogens with one attached hydrogen (secondary N) is 1. The second-order valence-electron chi connectivity index (χ2n) is 5.71. The minimum Gasteiger partial charge on any atom is -0.334 e. The van der Waals surface area contributed by atoms with Crippen LogP contribution in [0.4, 0.5) is 5.69 Å². The van der Waals surface area contributed by atoms with Crippen LogP contribution in [0.25, 0.3) is 11.5 Å². The molecule has 3 rings (SSSR count). The van der Waals surface area contributed by atoms with Crippen LogP contribution in [-0.4, -0.2) is 33.1 Å². The first-order valence-electron chi connectivity index (χ1n) is 7.85. The molecular formula is C16H17N5O3S2. The second-order valence-corrected chi connectivity index (χ2v) is 7.85. The highest BCUT2D eigenvalue weighted by atomic mass is 32.2. The Labute approximate surface area is 158 Å². The van der Waals surface area contributed by atoms with Gasteiger partial charge in [0, 0.05) is 35.2 Å². The molecule has 8 nitrogen and oxygen atoms in total. The summed E-state index contributed by atoms with van der Waals surface area (Å²) >= 11 is 2.73. The first-order chi connectivity index (χ1) is 12.5. The number of nitrogens with zero attached hydrogens (tertiary/aromatic N) is 4. The van der Waals surface area contributed by atoms with E-state index in [-0.39, 0.29) is 17.6 Å². The van der Waals surface area contributed by atoms with E-state index in [0.29, 0.717) is 22.7 Å². The molecule has 0 aliphatic carbocycles. The highest BCUT2D eigenvalue weighted by molar-refractivity contribution is 8.01. The second kappa shape index (κ2) is 7.94. The SMILES string of the molecule is CNC(C)Cc1noc(-c2ccc(Sc3nc(C)cs3)c([N+](=O)[O-])c2)n1. The van der Waals surface area contributed by atoms with E-state index in [2.05, 4.69) is 20.4 Å². The topological polar surface area (TPSA) is 107 Å². The van der Waals surface area contributed by atoms with Gasteiger partial charge in [-0.15, -0.1) is 11.3 Å². The van der Waals surface area contributed by atoms with Crippen LogP contribution < -0.4 is 5.32 Å². The van der Waals surface area contributed by atoms with Gasteiger partial charge in [0.2, 0.25) is 0 Å². The van der Waals surface area contributed by atoms with Gasteiger partial charge in [-0.25, -0.2) is 4.98 Å². The fourth-order valence-electron chi connectivity index (χ4n) is 2.18. The highest BCUT2D eigenvalue weighted by Crippen LogP contribution is 2.38. The maximum Gasteiger partial charge on any atom is 0.284 e. The summed E-state index contributed by atoms with van der Waals surface area (Å²) in [5.74, 6) is 0.828. The number of rotatable bonds is 7. The number of benzene rings is 1. The van der Waals surface area contributed by atoms with Crippen LogP contribution in [0.3, 0.4) is 0 Å². The van der Waals surface area contributed by atoms with Gasteiger partial charge in [0.25, 0.3) is 11.6 Å². The first kappa shape index (κ1) is 18.5. The smallest absolute Gasteiger partial charge is 0.284 e. The van der Waals surface area contributed by atoms with E-state index < -0.39 is 4.92 Å². The molecule has 0 saturated carbocycles. The van der Waals surface area contributed by atoms with Crippen LogP contribution in [0.5, 0.6) is 0 Å². The fraction of sp³-hybridized carbons (Fsp3) is 0.312. The van der Waals surface area contributed by atoms with Crippen LogP contribution in [0.1, 0.15) is 18.4 Å². The Kier molecular flexibility index (Phi) is 5.64. The summed E-state index contributed by atoms with van der Waals surface area (Å²) in [6.07, 6.45) is 0.611. The van der Waals surface area contributed by atoms with E-state index in [1.165, 1.54) is 29.2 Å². The summed E-state index contributed by atoms with van der Waals surface area (Å²) in [6, 6.07) is 5.10. The van der Waals surface area contributed by atoms with Crippen molar-refractivity contribution in [1.82, 2.24) is 20.4 Å². The predicted octanol–water partition coefficient (Wildman–Crippen LogP) is 3.71. The molecule has 0 saturated heterocycles. The van der Waals surface area contributed by atoms with E-state index in [9.17, 15) is 10.1 Å². The Bertz CT molecular complexity index is 924. The number of likely N-dealkylation sites (N-methyl/N-ethyl adjacent to an activating group) is 1. The minimum absolute atomic E-state index is 0.0105. The van der Waals surface area contributed by atoms with Crippen LogP contribution in [0, 0.1) is 17.0 Å². The number of hydrogen-bond acceptors (Lipinski definition) is 9. The minimum atomic E-state index is -0.410. The molecule has 1 atom stereocenters. The van der Waals surface area contributed by atoms with Crippen molar-refractivity contribution in [2.24, 2.45) is 0 Å². The van der Waals surface area contributed by atoms with Crippen LogP contribution in [-0.2, 0) is 6.42 Å². The maximum atomic E-state index is 11.5. The van der Waals surface area contributed by atoms with Crippen LogP contribution in [0.15, 0.2) is 37.3 Å². The summed E-state index contributed by atoms with van der Waals surface area (Å²) in [6.45, 7) is 3.90. The number of nitro groups is 1. The maximum absolute atomic E-state index is 11.5. The van der Waals surface area contributed by atoms with E-state index in [4.69, 9.17) is 4.52 Å². The van der Waals surface area contributed by atoms with E-state index in [1.807, 2.05) is 26.3 Å². The first-order valence-corrected chi connectivity index (χ1v) is 9.54. The molecule has 0 spiro atoms. The molecule has 136 valence electrons. The lowest BCUT2D eigenvalue weighted by Gasteiger charge is -2.04. The molecule has 2 heterocycles. The van der Waals surface area contributed by atoms with Crippen molar-refractivity contribution in [2.45, 2.75) is 35.5 Å². The van der Waals surface area contributed by atoms with Gasteiger partial charge in [-0.2, -0.15) is 4.98 Å². The highest BCUT2D eigenvalue weighted by Gasteiger charge is 2.20. The number of thiazole rings is 1. The molecule has 1 aromatic carbocycles. The van der Waals surface area contributed by atoms with E-state index in [0.717, 1.165) is 10.0 Å². The van der Waals surface area contributed by atoms with Gasteiger partial charge in [-0.1, -0.05) is 16.9 Å². The van der Waals surface area contributed by atoms with Gasteiger partial charge in [0.1, 0.15) is 0 Å². The van der Waals surface area contributed by atoms with Crippen molar-refractivity contribution >= 4 is 28.8 Å². The third-order valence-electron chi connectivity index (χ3n) is 3.65.